The fraction of sp³-hybridized carbons (Fsp3) is 0. The van der Waals surface area contributed by atoms with Crippen LogP contribution in [0, 0.1) is 0 Å². The van der Waals surface area contributed by atoms with Gasteiger partial charge in [0.1, 0.15) is 12.0 Å². The van der Waals surface area contributed by atoms with E-state index in [-0.39, 0.29) is 5.70 Å². The van der Waals surface area contributed by atoms with E-state index < -0.39 is 5.24 Å². The molecule has 0 spiro atoms. The first-order valence-corrected chi connectivity index (χ1v) is 2.67. The Labute approximate surface area is 56.9 Å². The molecule has 3 nitrogen and oxygen atoms in total. The number of halogens is 1. The number of hydrogen-bond acceptors (Lipinski definition) is 3. The van der Waals surface area contributed by atoms with E-state index in [1.807, 2.05) is 0 Å². The van der Waals surface area contributed by atoms with Crippen molar-refractivity contribution in [2.75, 3.05) is 0 Å². The molecule has 0 atom stereocenters. The molecular weight excluding hydrogens is 142 g/mol. The van der Waals surface area contributed by atoms with Crippen molar-refractivity contribution in [2.45, 2.75) is 0 Å². The number of hydrogen-bond donors (Lipinski definition) is 1. The molecule has 0 saturated heterocycles. The minimum absolute atomic E-state index is 0.249. The van der Waals surface area contributed by atoms with Crippen molar-refractivity contribution in [3.63, 3.8) is 0 Å². The van der Waals surface area contributed by atoms with Crippen molar-refractivity contribution in [3.8, 4) is 0 Å². The van der Waals surface area contributed by atoms with E-state index >= 15 is 0 Å². The molecule has 1 N–H and O–H groups in total. The van der Waals surface area contributed by atoms with E-state index in [0.717, 1.165) is 0 Å². The smallest absolute Gasteiger partial charge is 0.271 e. The zero-order valence-electron chi connectivity index (χ0n) is 4.43. The van der Waals surface area contributed by atoms with Gasteiger partial charge in [0.2, 0.25) is 0 Å². The number of rotatable bonds is 1. The first kappa shape index (κ1) is 6.16. The van der Waals surface area contributed by atoms with Crippen LogP contribution in [0.3, 0.4) is 0 Å². The summed E-state index contributed by atoms with van der Waals surface area (Å²) in [4.78, 5) is 14.9. The minimum atomic E-state index is -0.556. The van der Waals surface area contributed by atoms with Crippen LogP contribution >= 0.6 is 11.6 Å². The second-order valence-electron chi connectivity index (χ2n) is 1.40. The van der Waals surface area contributed by atoms with Crippen LogP contribution in [-0.4, -0.2) is 5.24 Å². The van der Waals surface area contributed by atoms with Crippen LogP contribution in [0.15, 0.2) is 24.1 Å². The van der Waals surface area contributed by atoms with Gasteiger partial charge < -0.3 is 4.84 Å². The second-order valence-corrected chi connectivity index (χ2v) is 1.75. The zero-order chi connectivity index (χ0) is 6.69. The average Bonchev–Trinajstić information content (AvgIpc) is 1.90. The Bertz CT molecular complexity index is 185. The average molecular weight is 146 g/mol. The molecule has 0 fully saturated rings. The van der Waals surface area contributed by atoms with Crippen LogP contribution in [-0.2, 0) is 9.63 Å². The van der Waals surface area contributed by atoms with Crippen molar-refractivity contribution in [1.29, 1.82) is 0 Å². The maximum atomic E-state index is 10.3. The molecule has 1 rings (SSSR count). The summed E-state index contributed by atoms with van der Waals surface area (Å²) in [6, 6.07) is 0. The maximum Gasteiger partial charge on any atom is 0.271 e. The lowest BCUT2D eigenvalue weighted by Gasteiger charge is -2.06. The highest BCUT2D eigenvalue weighted by Crippen LogP contribution is 2.00. The van der Waals surface area contributed by atoms with Gasteiger partial charge in [-0.15, -0.1) is 0 Å². The minimum Gasteiger partial charge on any atom is -0.390 e. The molecule has 0 radical (unpaired) electrons. The highest BCUT2D eigenvalue weighted by Gasteiger charge is 2.05. The number of nitrogens with one attached hydrogen (secondary N) is 1. The number of hydroxylamine groups is 1. The van der Waals surface area contributed by atoms with E-state index in [1.54, 1.807) is 6.08 Å². The van der Waals surface area contributed by atoms with Crippen LogP contribution < -0.4 is 5.48 Å². The number of allylic oxidation sites excluding steroid dienone is 3. The highest BCUT2D eigenvalue weighted by molar-refractivity contribution is 6.67. The van der Waals surface area contributed by atoms with Gasteiger partial charge in [-0.1, -0.05) is 0 Å². The Morgan fingerprint density at radius 2 is 2.56 bits per heavy atom. The first-order chi connectivity index (χ1) is 4.30. The monoisotopic (exact) mass is 145 g/mol. The molecule has 0 aromatic carbocycles. The van der Waals surface area contributed by atoms with Crippen LogP contribution in [0.1, 0.15) is 0 Å². The van der Waals surface area contributed by atoms with Crippen molar-refractivity contribution >= 4 is 16.8 Å². The fourth-order valence-electron chi connectivity index (χ4n) is 0.412. The SMILES string of the molecule is O=C(Cl)C1=CC=CON1. The lowest BCUT2D eigenvalue weighted by molar-refractivity contribution is -0.109. The van der Waals surface area contributed by atoms with Crippen molar-refractivity contribution < 1.29 is 9.63 Å². The third kappa shape index (κ3) is 1.47. The largest absolute Gasteiger partial charge is 0.390 e. The summed E-state index contributed by atoms with van der Waals surface area (Å²) in [5, 5.41) is -0.556. The number of carbonyl (C=O) groups is 1. The lowest BCUT2D eigenvalue weighted by atomic mass is 10.4. The van der Waals surface area contributed by atoms with Crippen LogP contribution in [0.25, 0.3) is 0 Å². The Morgan fingerprint density at radius 3 is 2.89 bits per heavy atom. The van der Waals surface area contributed by atoms with Gasteiger partial charge >= 0.3 is 0 Å². The highest BCUT2D eigenvalue weighted by atomic mass is 35.5. The zero-order valence-corrected chi connectivity index (χ0v) is 5.18. The molecule has 4 heteroatoms. The van der Waals surface area contributed by atoms with Crippen molar-refractivity contribution in [3.05, 3.63) is 24.1 Å². The molecule has 0 bridgehead atoms. The van der Waals surface area contributed by atoms with Gasteiger partial charge in [0.05, 0.1) is 0 Å². The summed E-state index contributed by atoms with van der Waals surface area (Å²) in [6.45, 7) is 0. The normalized spacial score (nSPS) is 15.4. The molecule has 0 unspecified atom stereocenters. The van der Waals surface area contributed by atoms with E-state index in [1.165, 1.54) is 12.3 Å². The number of carbonyl (C=O) groups excluding carboxylic acids is 1. The van der Waals surface area contributed by atoms with E-state index in [4.69, 9.17) is 11.6 Å². The molecule has 0 saturated carbocycles. The summed E-state index contributed by atoms with van der Waals surface area (Å²) >= 11 is 5.07. The van der Waals surface area contributed by atoms with Gasteiger partial charge in [-0.25, -0.2) is 5.48 Å². The van der Waals surface area contributed by atoms with E-state index in [2.05, 4.69) is 10.3 Å². The molecule has 1 aliphatic rings. The Morgan fingerprint density at radius 1 is 1.78 bits per heavy atom. The first-order valence-electron chi connectivity index (χ1n) is 2.29. The van der Waals surface area contributed by atoms with Gasteiger partial charge in [0.25, 0.3) is 5.24 Å². The van der Waals surface area contributed by atoms with E-state index in [0.29, 0.717) is 0 Å². The topological polar surface area (TPSA) is 38.3 Å². The molecule has 0 aromatic rings. The Hall–Kier alpha value is -0.960. The summed E-state index contributed by atoms with van der Waals surface area (Å²) in [6.07, 6.45) is 4.51. The van der Waals surface area contributed by atoms with E-state index in [9.17, 15) is 4.79 Å². The van der Waals surface area contributed by atoms with Gasteiger partial charge in [0.15, 0.2) is 0 Å². The Kier molecular flexibility index (Phi) is 1.75. The molecule has 1 heterocycles. The molecule has 1 aliphatic heterocycles. The molecule has 0 aliphatic carbocycles. The third-order valence-electron chi connectivity index (χ3n) is 0.790. The van der Waals surface area contributed by atoms with Crippen LogP contribution in [0.2, 0.25) is 0 Å². The standard InChI is InChI=1S/C5H4ClNO2/c6-5(8)4-2-1-3-9-7-4/h1-3,7H. The quantitative estimate of drug-likeness (QED) is 0.552. The summed E-state index contributed by atoms with van der Waals surface area (Å²) in [7, 11) is 0. The summed E-state index contributed by atoms with van der Waals surface area (Å²) in [5.74, 6) is 0. The van der Waals surface area contributed by atoms with Gasteiger partial charge in [-0.2, -0.15) is 0 Å². The van der Waals surface area contributed by atoms with Crippen molar-refractivity contribution in [1.82, 2.24) is 5.48 Å². The van der Waals surface area contributed by atoms with Gasteiger partial charge in [0, 0.05) is 0 Å². The molecule has 9 heavy (non-hydrogen) atoms. The molecule has 0 amide bonds. The van der Waals surface area contributed by atoms with Crippen LogP contribution in [0.4, 0.5) is 0 Å². The maximum absolute atomic E-state index is 10.3. The Balaban J connectivity index is 2.68. The van der Waals surface area contributed by atoms with Gasteiger partial charge in [-0.3, -0.25) is 4.79 Å². The fourth-order valence-corrected chi connectivity index (χ4v) is 0.514. The summed E-state index contributed by atoms with van der Waals surface area (Å²) < 4.78 is 0. The van der Waals surface area contributed by atoms with Crippen LogP contribution in [0.5, 0.6) is 0 Å². The predicted octanol–water partition coefficient (Wildman–Crippen LogP) is 0.684. The summed E-state index contributed by atoms with van der Waals surface area (Å²) in [5.41, 5.74) is 2.56. The molecule has 0 aromatic heterocycles. The molecule has 48 valence electrons. The predicted molar refractivity (Wildman–Crippen MR) is 32.3 cm³/mol. The van der Waals surface area contributed by atoms with Gasteiger partial charge in [-0.05, 0) is 23.8 Å². The lowest BCUT2D eigenvalue weighted by Crippen LogP contribution is -2.17. The van der Waals surface area contributed by atoms with Crippen molar-refractivity contribution in [2.24, 2.45) is 0 Å². The second kappa shape index (κ2) is 2.55. The third-order valence-corrected chi connectivity index (χ3v) is 0.994. The molecular formula is C5H4ClNO2.